The fourth-order valence-electron chi connectivity index (χ4n) is 2.68. The normalized spacial score (nSPS) is 14.3. The summed E-state index contributed by atoms with van der Waals surface area (Å²) in [6.45, 7) is 4.26. The maximum atomic E-state index is 4.56. The molecule has 1 heteroatoms. The van der Waals surface area contributed by atoms with Gasteiger partial charge < -0.3 is 0 Å². The summed E-state index contributed by atoms with van der Waals surface area (Å²) in [5.41, 5.74) is 8.01. The molecule has 3 rings (SSSR count). The molecule has 0 fully saturated rings. The van der Waals surface area contributed by atoms with Gasteiger partial charge in [-0.25, -0.2) is 0 Å². The second-order valence-electron chi connectivity index (χ2n) is 5.34. The predicted molar refractivity (Wildman–Crippen MR) is 75.8 cm³/mol. The van der Waals surface area contributed by atoms with E-state index >= 15 is 0 Å². The Kier molecular flexibility index (Phi) is 2.91. The molecule has 0 saturated heterocycles. The number of pyridine rings is 1. The van der Waals surface area contributed by atoms with Crippen LogP contribution in [0.25, 0.3) is 11.3 Å². The molecule has 0 aliphatic heterocycles. The highest BCUT2D eigenvalue weighted by Gasteiger charge is 2.10. The van der Waals surface area contributed by atoms with Crippen LogP contribution in [0.2, 0.25) is 0 Å². The topological polar surface area (TPSA) is 12.9 Å². The second kappa shape index (κ2) is 4.56. The fourth-order valence-corrected chi connectivity index (χ4v) is 2.68. The zero-order chi connectivity index (χ0) is 12.5. The van der Waals surface area contributed by atoms with Gasteiger partial charge in [0.25, 0.3) is 0 Å². The van der Waals surface area contributed by atoms with Gasteiger partial charge in [0.15, 0.2) is 0 Å². The first-order chi connectivity index (χ1) is 8.74. The first-order valence-electron chi connectivity index (χ1n) is 6.79. The molecule has 0 unspecified atom stereocenters. The molecular formula is C17H19N. The summed E-state index contributed by atoms with van der Waals surface area (Å²) in [4.78, 5) is 4.56. The molecular weight excluding hydrogens is 218 g/mol. The zero-order valence-electron chi connectivity index (χ0n) is 11.2. The molecule has 1 nitrogen and oxygen atoms in total. The summed E-state index contributed by atoms with van der Waals surface area (Å²) in [6.07, 6.45) is 7.12. The SMILES string of the molecule is Cc1cnc(-c2ccc3c(c2)CCCC3)cc1C. The molecule has 1 heterocycles. The zero-order valence-corrected chi connectivity index (χ0v) is 11.2. The summed E-state index contributed by atoms with van der Waals surface area (Å²) >= 11 is 0. The van der Waals surface area contributed by atoms with E-state index in [1.165, 1.54) is 53.5 Å². The maximum Gasteiger partial charge on any atom is 0.0704 e. The quantitative estimate of drug-likeness (QED) is 0.722. The van der Waals surface area contributed by atoms with E-state index in [2.05, 4.69) is 43.1 Å². The third-order valence-electron chi connectivity index (χ3n) is 4.02. The minimum atomic E-state index is 1.10. The number of nitrogens with zero attached hydrogens (tertiary/aromatic N) is 1. The lowest BCUT2D eigenvalue weighted by Crippen LogP contribution is -2.02. The lowest BCUT2D eigenvalue weighted by Gasteiger charge is -2.16. The number of fused-ring (bicyclic) bond motifs is 1. The molecule has 0 bridgehead atoms. The highest BCUT2D eigenvalue weighted by atomic mass is 14.7. The molecule has 0 atom stereocenters. The Labute approximate surface area is 109 Å². The fraction of sp³-hybridized carbons (Fsp3) is 0.353. The van der Waals surface area contributed by atoms with Gasteiger partial charge in [-0.1, -0.05) is 12.1 Å². The molecule has 1 aliphatic rings. The lowest BCUT2D eigenvalue weighted by molar-refractivity contribution is 0.686. The summed E-state index contributed by atoms with van der Waals surface area (Å²) < 4.78 is 0. The minimum absolute atomic E-state index is 1.10. The van der Waals surface area contributed by atoms with Crippen LogP contribution in [-0.4, -0.2) is 4.98 Å². The smallest absolute Gasteiger partial charge is 0.0704 e. The molecule has 0 radical (unpaired) electrons. The minimum Gasteiger partial charge on any atom is -0.256 e. The number of hydrogen-bond donors (Lipinski definition) is 0. The van der Waals surface area contributed by atoms with Gasteiger partial charge in [-0.05, 0) is 73.9 Å². The van der Waals surface area contributed by atoms with Gasteiger partial charge in [0.1, 0.15) is 0 Å². The number of aryl methyl sites for hydroxylation is 4. The Morgan fingerprint density at radius 3 is 2.44 bits per heavy atom. The molecule has 1 aromatic heterocycles. The van der Waals surface area contributed by atoms with Crippen molar-refractivity contribution >= 4 is 0 Å². The standard InChI is InChI=1S/C17H19N/c1-12-9-17(18-11-13(12)2)16-8-7-14-5-3-4-6-15(14)10-16/h7-11H,3-6H2,1-2H3. The summed E-state index contributed by atoms with van der Waals surface area (Å²) in [5.74, 6) is 0. The van der Waals surface area contributed by atoms with E-state index in [4.69, 9.17) is 0 Å². The molecule has 0 amide bonds. The van der Waals surface area contributed by atoms with Crippen LogP contribution >= 0.6 is 0 Å². The Morgan fingerprint density at radius 1 is 0.889 bits per heavy atom. The number of rotatable bonds is 1. The van der Waals surface area contributed by atoms with Gasteiger partial charge in [0, 0.05) is 11.8 Å². The van der Waals surface area contributed by atoms with Gasteiger partial charge in [-0.3, -0.25) is 4.98 Å². The number of benzene rings is 1. The van der Waals surface area contributed by atoms with Gasteiger partial charge in [0.05, 0.1) is 5.69 Å². The molecule has 0 N–H and O–H groups in total. The van der Waals surface area contributed by atoms with Crippen molar-refractivity contribution in [2.45, 2.75) is 39.5 Å². The third-order valence-corrected chi connectivity index (χ3v) is 4.02. The van der Waals surface area contributed by atoms with Crippen LogP contribution in [0.15, 0.2) is 30.5 Å². The van der Waals surface area contributed by atoms with Crippen molar-refractivity contribution in [2.75, 3.05) is 0 Å². The van der Waals surface area contributed by atoms with Crippen molar-refractivity contribution in [3.63, 3.8) is 0 Å². The van der Waals surface area contributed by atoms with Gasteiger partial charge in [-0.15, -0.1) is 0 Å². The molecule has 1 aromatic carbocycles. The van der Waals surface area contributed by atoms with E-state index in [0.29, 0.717) is 0 Å². The lowest BCUT2D eigenvalue weighted by atomic mass is 9.90. The van der Waals surface area contributed by atoms with Crippen LogP contribution in [0.5, 0.6) is 0 Å². The van der Waals surface area contributed by atoms with E-state index in [0.717, 1.165) is 5.69 Å². The van der Waals surface area contributed by atoms with Crippen LogP contribution in [0.3, 0.4) is 0 Å². The van der Waals surface area contributed by atoms with Crippen molar-refractivity contribution in [3.05, 3.63) is 52.7 Å². The van der Waals surface area contributed by atoms with E-state index < -0.39 is 0 Å². The molecule has 1 aliphatic carbocycles. The summed E-state index contributed by atoms with van der Waals surface area (Å²) in [5, 5.41) is 0. The number of hydrogen-bond acceptors (Lipinski definition) is 1. The first kappa shape index (κ1) is 11.5. The van der Waals surface area contributed by atoms with Gasteiger partial charge >= 0.3 is 0 Å². The Morgan fingerprint density at radius 2 is 1.67 bits per heavy atom. The Hall–Kier alpha value is -1.63. The molecule has 92 valence electrons. The van der Waals surface area contributed by atoms with E-state index in [1.54, 1.807) is 0 Å². The summed E-state index contributed by atoms with van der Waals surface area (Å²) in [7, 11) is 0. The average Bonchev–Trinajstić information content (AvgIpc) is 2.41. The van der Waals surface area contributed by atoms with Gasteiger partial charge in [-0.2, -0.15) is 0 Å². The molecule has 18 heavy (non-hydrogen) atoms. The number of aromatic nitrogens is 1. The van der Waals surface area contributed by atoms with Crippen molar-refractivity contribution in [2.24, 2.45) is 0 Å². The van der Waals surface area contributed by atoms with Crippen molar-refractivity contribution in [3.8, 4) is 11.3 Å². The second-order valence-corrected chi connectivity index (χ2v) is 5.34. The van der Waals surface area contributed by atoms with E-state index in [1.807, 2.05) is 6.20 Å². The monoisotopic (exact) mass is 237 g/mol. The third kappa shape index (κ3) is 2.05. The van der Waals surface area contributed by atoms with Gasteiger partial charge in [0.2, 0.25) is 0 Å². The highest BCUT2D eigenvalue weighted by Crippen LogP contribution is 2.27. The largest absolute Gasteiger partial charge is 0.256 e. The van der Waals surface area contributed by atoms with Crippen LogP contribution < -0.4 is 0 Å². The molecule has 0 spiro atoms. The molecule has 2 aromatic rings. The van der Waals surface area contributed by atoms with Crippen LogP contribution in [0.1, 0.15) is 35.1 Å². The Bertz CT molecular complexity index is 584. The summed E-state index contributed by atoms with van der Waals surface area (Å²) in [6, 6.07) is 9.05. The van der Waals surface area contributed by atoms with Crippen molar-refractivity contribution < 1.29 is 0 Å². The van der Waals surface area contributed by atoms with Crippen LogP contribution in [0, 0.1) is 13.8 Å². The first-order valence-corrected chi connectivity index (χ1v) is 6.79. The average molecular weight is 237 g/mol. The van der Waals surface area contributed by atoms with E-state index in [-0.39, 0.29) is 0 Å². The van der Waals surface area contributed by atoms with E-state index in [9.17, 15) is 0 Å². The Balaban J connectivity index is 2.03. The van der Waals surface area contributed by atoms with Crippen molar-refractivity contribution in [1.29, 1.82) is 0 Å². The highest BCUT2D eigenvalue weighted by molar-refractivity contribution is 5.62. The maximum absolute atomic E-state index is 4.56. The predicted octanol–water partition coefficient (Wildman–Crippen LogP) is 4.24. The van der Waals surface area contributed by atoms with Crippen LogP contribution in [-0.2, 0) is 12.8 Å². The molecule has 0 saturated carbocycles. The van der Waals surface area contributed by atoms with Crippen LogP contribution in [0.4, 0.5) is 0 Å². The van der Waals surface area contributed by atoms with Crippen molar-refractivity contribution in [1.82, 2.24) is 4.98 Å².